The number of piperidine rings is 1. The zero-order valence-corrected chi connectivity index (χ0v) is 17.4. The average molecular weight is 385 g/mol. The molecule has 2 aliphatic heterocycles. The molecule has 0 bridgehead atoms. The van der Waals surface area contributed by atoms with Gasteiger partial charge in [0, 0.05) is 19.6 Å². The minimum atomic E-state index is -0.158. The summed E-state index contributed by atoms with van der Waals surface area (Å²) in [5.74, 6) is 1.03. The van der Waals surface area contributed by atoms with E-state index in [-0.39, 0.29) is 11.8 Å². The molecule has 28 heavy (non-hydrogen) atoms. The molecular formula is C23H32N2O3. The van der Waals surface area contributed by atoms with Crippen molar-refractivity contribution in [3.8, 4) is 5.75 Å². The summed E-state index contributed by atoms with van der Waals surface area (Å²) in [6.45, 7) is 9.17. The van der Waals surface area contributed by atoms with E-state index in [1.165, 1.54) is 11.3 Å². The van der Waals surface area contributed by atoms with Gasteiger partial charge >= 0.3 is 0 Å². The smallest absolute Gasteiger partial charge is 0.277 e. The maximum atomic E-state index is 13.2. The lowest BCUT2D eigenvalue weighted by Crippen LogP contribution is -2.39. The predicted molar refractivity (Wildman–Crippen MR) is 111 cm³/mol. The molecule has 0 aliphatic carbocycles. The average Bonchev–Trinajstić information content (AvgIpc) is 2.95. The van der Waals surface area contributed by atoms with Gasteiger partial charge in [-0.2, -0.15) is 0 Å². The predicted octanol–water partition coefficient (Wildman–Crippen LogP) is 4.09. The van der Waals surface area contributed by atoms with Crippen LogP contribution < -0.4 is 4.74 Å². The number of hydrogen-bond acceptors (Lipinski definition) is 4. The second-order valence-corrected chi connectivity index (χ2v) is 7.91. The van der Waals surface area contributed by atoms with E-state index in [1.807, 2.05) is 24.3 Å². The van der Waals surface area contributed by atoms with Crippen LogP contribution in [0.2, 0.25) is 0 Å². The Labute approximate surface area is 168 Å². The molecule has 0 aromatic heterocycles. The van der Waals surface area contributed by atoms with Crippen LogP contribution in [0.5, 0.6) is 5.75 Å². The summed E-state index contributed by atoms with van der Waals surface area (Å²) in [4.78, 5) is 30.0. The molecule has 0 saturated carbocycles. The quantitative estimate of drug-likeness (QED) is 0.634. The van der Waals surface area contributed by atoms with Crippen LogP contribution >= 0.6 is 0 Å². The molecule has 2 aliphatic rings. The van der Waals surface area contributed by atoms with Crippen molar-refractivity contribution in [1.82, 2.24) is 9.80 Å². The Balaban J connectivity index is 1.95. The monoisotopic (exact) mass is 384 g/mol. The number of benzene rings is 1. The third-order valence-electron chi connectivity index (χ3n) is 5.47. The van der Waals surface area contributed by atoms with Gasteiger partial charge in [0.05, 0.1) is 12.2 Å². The maximum absolute atomic E-state index is 13.2. The molecule has 1 aromatic rings. The third kappa shape index (κ3) is 4.23. The minimum Gasteiger partial charge on any atom is -0.494 e. The van der Waals surface area contributed by atoms with Gasteiger partial charge in [0.1, 0.15) is 11.4 Å². The van der Waals surface area contributed by atoms with E-state index in [0.29, 0.717) is 30.3 Å². The topological polar surface area (TPSA) is 49.9 Å². The van der Waals surface area contributed by atoms with Gasteiger partial charge in [-0.1, -0.05) is 39.3 Å². The molecule has 0 N–H and O–H groups in total. The lowest BCUT2D eigenvalue weighted by atomic mass is 9.97. The lowest BCUT2D eigenvalue weighted by molar-refractivity contribution is -0.137. The number of rotatable bonds is 8. The van der Waals surface area contributed by atoms with Crippen LogP contribution in [-0.2, 0) is 9.59 Å². The van der Waals surface area contributed by atoms with Gasteiger partial charge < -0.3 is 9.64 Å². The van der Waals surface area contributed by atoms with Gasteiger partial charge in [-0.25, -0.2) is 0 Å². The van der Waals surface area contributed by atoms with E-state index >= 15 is 0 Å². The molecule has 3 rings (SSSR count). The molecule has 1 aromatic carbocycles. The Bertz CT molecular complexity index is 739. The van der Waals surface area contributed by atoms with Crippen LogP contribution in [0.15, 0.2) is 30.0 Å². The molecule has 1 unspecified atom stereocenters. The Morgan fingerprint density at radius 2 is 1.82 bits per heavy atom. The van der Waals surface area contributed by atoms with E-state index in [2.05, 4.69) is 25.7 Å². The standard InChI is InChI=1S/C23H32N2O3/c1-4-6-14-25-22(26)20(18-9-11-19(12-10-18)28-15-5-2)21(23(25)27)24-13-7-8-17(3)16-24/h9-12,17H,4-8,13-16H2,1-3H3. The largest absolute Gasteiger partial charge is 0.494 e. The van der Waals surface area contributed by atoms with Crippen molar-refractivity contribution in [3.05, 3.63) is 35.5 Å². The minimum absolute atomic E-state index is 0.131. The fourth-order valence-corrected chi connectivity index (χ4v) is 3.97. The summed E-state index contributed by atoms with van der Waals surface area (Å²) in [6, 6.07) is 7.59. The number of unbranched alkanes of at least 4 members (excludes halogenated alkanes) is 1. The number of likely N-dealkylation sites (tertiary alicyclic amines) is 1. The first-order valence-electron chi connectivity index (χ1n) is 10.6. The van der Waals surface area contributed by atoms with Crippen molar-refractivity contribution in [2.45, 2.75) is 52.9 Å². The van der Waals surface area contributed by atoms with Crippen LogP contribution in [0.25, 0.3) is 5.57 Å². The van der Waals surface area contributed by atoms with Crippen LogP contribution in [-0.4, -0.2) is 47.9 Å². The van der Waals surface area contributed by atoms with Crippen LogP contribution in [0, 0.1) is 5.92 Å². The molecular weight excluding hydrogens is 352 g/mol. The van der Waals surface area contributed by atoms with Gasteiger partial charge in [-0.15, -0.1) is 0 Å². The number of imide groups is 1. The first kappa shape index (κ1) is 20.4. The number of carbonyl (C=O) groups is 2. The normalized spacial score (nSPS) is 20.3. The Morgan fingerprint density at radius 1 is 1.07 bits per heavy atom. The molecule has 1 saturated heterocycles. The van der Waals surface area contributed by atoms with Crippen molar-refractivity contribution < 1.29 is 14.3 Å². The van der Waals surface area contributed by atoms with Gasteiger partial charge in [-0.3, -0.25) is 14.5 Å². The summed E-state index contributed by atoms with van der Waals surface area (Å²) in [6.07, 6.45) is 4.95. The van der Waals surface area contributed by atoms with E-state index in [0.717, 1.165) is 50.1 Å². The summed E-state index contributed by atoms with van der Waals surface area (Å²) in [5, 5.41) is 0. The van der Waals surface area contributed by atoms with E-state index in [9.17, 15) is 9.59 Å². The van der Waals surface area contributed by atoms with Gasteiger partial charge in [0.2, 0.25) is 0 Å². The Kier molecular flexibility index (Phi) is 6.76. The zero-order valence-electron chi connectivity index (χ0n) is 17.4. The van der Waals surface area contributed by atoms with E-state index < -0.39 is 0 Å². The maximum Gasteiger partial charge on any atom is 0.277 e. The lowest BCUT2D eigenvalue weighted by Gasteiger charge is -2.33. The highest BCUT2D eigenvalue weighted by molar-refractivity contribution is 6.35. The first-order chi connectivity index (χ1) is 13.6. The van der Waals surface area contributed by atoms with Gasteiger partial charge in [0.15, 0.2) is 0 Å². The summed E-state index contributed by atoms with van der Waals surface area (Å²) < 4.78 is 5.66. The van der Waals surface area contributed by atoms with E-state index in [4.69, 9.17) is 4.74 Å². The molecule has 0 spiro atoms. The van der Waals surface area contributed by atoms with Crippen molar-refractivity contribution >= 4 is 17.4 Å². The van der Waals surface area contributed by atoms with Crippen molar-refractivity contribution in [2.24, 2.45) is 5.92 Å². The molecule has 0 radical (unpaired) electrons. The third-order valence-corrected chi connectivity index (χ3v) is 5.47. The zero-order chi connectivity index (χ0) is 20.1. The molecule has 2 heterocycles. The van der Waals surface area contributed by atoms with Gasteiger partial charge in [-0.05, 0) is 49.3 Å². The molecule has 1 atom stereocenters. The Morgan fingerprint density at radius 3 is 2.46 bits per heavy atom. The molecule has 152 valence electrons. The fourth-order valence-electron chi connectivity index (χ4n) is 3.97. The van der Waals surface area contributed by atoms with E-state index in [1.54, 1.807) is 0 Å². The number of carbonyl (C=O) groups excluding carboxylic acids is 2. The number of hydrogen-bond donors (Lipinski definition) is 0. The summed E-state index contributed by atoms with van der Waals surface area (Å²) in [5.41, 5.74) is 1.95. The molecule has 1 fully saturated rings. The second kappa shape index (κ2) is 9.26. The molecule has 5 nitrogen and oxygen atoms in total. The Hall–Kier alpha value is -2.30. The molecule has 2 amide bonds. The second-order valence-electron chi connectivity index (χ2n) is 7.91. The highest BCUT2D eigenvalue weighted by Crippen LogP contribution is 2.34. The highest BCUT2D eigenvalue weighted by Gasteiger charge is 2.41. The van der Waals surface area contributed by atoms with Crippen LogP contribution in [0.3, 0.4) is 0 Å². The van der Waals surface area contributed by atoms with Gasteiger partial charge in [0.25, 0.3) is 11.8 Å². The van der Waals surface area contributed by atoms with Crippen molar-refractivity contribution in [1.29, 1.82) is 0 Å². The van der Waals surface area contributed by atoms with Crippen LogP contribution in [0.4, 0.5) is 0 Å². The number of ether oxygens (including phenoxy) is 1. The molecule has 5 heteroatoms. The van der Waals surface area contributed by atoms with Crippen LogP contribution in [0.1, 0.15) is 58.4 Å². The first-order valence-corrected chi connectivity index (χ1v) is 10.6. The SMILES string of the molecule is CCCCN1C(=O)C(c2ccc(OCCC)cc2)=C(N2CCCC(C)C2)C1=O. The summed E-state index contributed by atoms with van der Waals surface area (Å²) in [7, 11) is 0. The number of nitrogens with zero attached hydrogens (tertiary/aromatic N) is 2. The van der Waals surface area contributed by atoms with Crippen molar-refractivity contribution in [2.75, 3.05) is 26.2 Å². The fraction of sp³-hybridized carbons (Fsp3) is 0.565. The van der Waals surface area contributed by atoms with Crippen molar-refractivity contribution in [3.63, 3.8) is 0 Å². The highest BCUT2D eigenvalue weighted by atomic mass is 16.5. The number of amides is 2. The summed E-state index contributed by atoms with van der Waals surface area (Å²) >= 11 is 0.